The van der Waals surface area contributed by atoms with Crippen LogP contribution in [0.15, 0.2) is 0 Å². The molecule has 0 aromatic heterocycles. The van der Waals surface area contributed by atoms with E-state index in [4.69, 9.17) is 17.5 Å². The minimum absolute atomic E-state index is 0. The van der Waals surface area contributed by atoms with Crippen LogP contribution in [0.4, 0.5) is 0 Å². The summed E-state index contributed by atoms with van der Waals surface area (Å²) >= 11 is 0. The monoisotopic (exact) mass is 238 g/mol. The van der Waals surface area contributed by atoms with Crippen LogP contribution in [0.2, 0.25) is 0 Å². The van der Waals surface area contributed by atoms with Crippen molar-refractivity contribution in [3.05, 3.63) is 0 Å². The van der Waals surface area contributed by atoms with Gasteiger partial charge in [-0.2, -0.15) is 0 Å². The Bertz CT molecular complexity index is 103. The zero-order valence-electron chi connectivity index (χ0n) is 5.04. The third-order valence-corrected chi connectivity index (χ3v) is 0. The fourth-order valence-corrected chi connectivity index (χ4v) is 0. The molecular formula is N6NiO4S. The van der Waals surface area contributed by atoms with Crippen molar-refractivity contribution in [3.8, 4) is 0 Å². The van der Waals surface area contributed by atoms with Crippen LogP contribution in [0.3, 0.4) is 0 Å². The topological polar surface area (TPSA) is 263 Å². The number of hydrogen-bond acceptors (Lipinski definition) is 4. The van der Waals surface area contributed by atoms with E-state index in [1.54, 1.807) is 0 Å². The second kappa shape index (κ2) is 30.4. The van der Waals surface area contributed by atoms with Crippen molar-refractivity contribution in [1.82, 2.24) is 36.9 Å². The van der Waals surface area contributed by atoms with Gasteiger partial charge in [0.15, 0.2) is 0 Å². The van der Waals surface area contributed by atoms with Crippen molar-refractivity contribution in [1.29, 1.82) is 0 Å². The van der Waals surface area contributed by atoms with Crippen molar-refractivity contribution >= 4 is 10.4 Å². The molecule has 12 heteroatoms. The van der Waals surface area contributed by atoms with Gasteiger partial charge in [-0.25, -0.2) is 0 Å². The molecule has 0 atom stereocenters. The van der Waals surface area contributed by atoms with Crippen molar-refractivity contribution in [2.24, 2.45) is 0 Å². The summed E-state index contributed by atoms with van der Waals surface area (Å²) in [7, 11) is -5.17. The first kappa shape index (κ1) is 88.2. The standard InChI is InChI=1S/6N.Ni.H2O4S/c;;;;;;;1-5(2,3)4/h;;;;;;;(H2,1,2,3,4)/q;;;;;;+2;/p-2. The van der Waals surface area contributed by atoms with Gasteiger partial charge < -0.3 is 9.11 Å². The van der Waals surface area contributed by atoms with E-state index in [9.17, 15) is 0 Å². The van der Waals surface area contributed by atoms with Crippen molar-refractivity contribution in [3.63, 3.8) is 0 Å². The zero-order valence-corrected chi connectivity index (χ0v) is 6.84. The first-order valence-electron chi connectivity index (χ1n) is 0.667. The molecule has 0 saturated heterocycles. The summed E-state index contributed by atoms with van der Waals surface area (Å²) < 4.78 is 34.1. The Hall–Kier alpha value is 0.124. The average Bonchev–Trinajstić information content (AvgIpc) is 0.722. The summed E-state index contributed by atoms with van der Waals surface area (Å²) in [5.41, 5.74) is 0. The molecule has 12 heavy (non-hydrogen) atoms. The number of rotatable bonds is 0. The molecule has 70 valence electrons. The minimum Gasteiger partial charge on any atom is -0.759 e. The molecule has 0 fully saturated rings. The van der Waals surface area contributed by atoms with Gasteiger partial charge >= 0.3 is 16.5 Å². The molecule has 0 aromatic carbocycles. The molecule has 0 aliphatic heterocycles. The average molecular weight is 239 g/mol. The van der Waals surface area contributed by atoms with Gasteiger partial charge in [0.05, 0.1) is 0 Å². The summed E-state index contributed by atoms with van der Waals surface area (Å²) in [5, 5.41) is 0. The van der Waals surface area contributed by atoms with Crippen molar-refractivity contribution in [2.75, 3.05) is 0 Å². The Morgan fingerprint density at radius 3 is 0.667 bits per heavy atom. The Morgan fingerprint density at radius 2 is 0.667 bits per heavy atom. The fourth-order valence-electron chi connectivity index (χ4n) is 0. The molecule has 0 amide bonds. The molecule has 10 nitrogen and oxygen atoms in total. The third kappa shape index (κ3) is 55200. The predicted octanol–water partition coefficient (Wildman–Crippen LogP) is -4.22. The van der Waals surface area contributed by atoms with Gasteiger partial charge in [-0.15, -0.1) is 0 Å². The predicted molar refractivity (Wildman–Crippen MR) is 23.3 cm³/mol. The van der Waals surface area contributed by atoms with Crippen LogP contribution in [0.1, 0.15) is 0 Å². The van der Waals surface area contributed by atoms with Gasteiger partial charge in [-0.1, -0.05) is 0 Å². The van der Waals surface area contributed by atoms with Gasteiger partial charge in [0.1, 0.15) is 0 Å². The molecule has 0 saturated carbocycles. The van der Waals surface area contributed by atoms with Gasteiger partial charge in [-0.05, 0) is 0 Å². The zero-order chi connectivity index (χ0) is 4.50. The number of hydrogen-bond donors (Lipinski definition) is 0. The SMILES string of the molecule is O=S(=O)([O-])[O-].[N].[N].[N].[N].[N].[N].[Ni+2]. The Morgan fingerprint density at radius 1 is 0.667 bits per heavy atom. The maximum absolute atomic E-state index is 8.52. The van der Waals surface area contributed by atoms with Gasteiger partial charge in [0.25, 0.3) is 0 Å². The molecule has 0 aliphatic carbocycles. The Labute approximate surface area is 81.9 Å². The molecule has 0 aromatic rings. The number of nitrogens with zero attached hydrogens (tertiary/aromatic N) is 6. The molecule has 0 bridgehead atoms. The first-order chi connectivity index (χ1) is 2.00. The van der Waals surface area contributed by atoms with E-state index in [2.05, 4.69) is 0 Å². The summed E-state index contributed by atoms with van der Waals surface area (Å²) in [6.45, 7) is 0. The first-order valence-corrected chi connectivity index (χ1v) is 2.00. The van der Waals surface area contributed by atoms with E-state index < -0.39 is 10.4 Å². The Kier molecular flexibility index (Phi) is 224. The van der Waals surface area contributed by atoms with Crippen LogP contribution < -0.4 is 36.9 Å². The summed E-state index contributed by atoms with van der Waals surface area (Å²) in [6.07, 6.45) is 0. The van der Waals surface area contributed by atoms with Gasteiger partial charge in [0, 0.05) is 47.3 Å². The van der Waals surface area contributed by atoms with Crippen LogP contribution in [-0.2, 0) is 26.9 Å². The van der Waals surface area contributed by atoms with Crippen LogP contribution in [-0.4, -0.2) is 17.5 Å². The smallest absolute Gasteiger partial charge is 0.759 e. The van der Waals surface area contributed by atoms with Crippen molar-refractivity contribution in [2.45, 2.75) is 0 Å². The van der Waals surface area contributed by atoms with Crippen LogP contribution in [0.5, 0.6) is 0 Å². The fraction of sp³-hybridized carbons (Fsp3) is 0. The van der Waals surface area contributed by atoms with Gasteiger partial charge in [-0.3, -0.25) is 8.42 Å². The summed E-state index contributed by atoms with van der Waals surface area (Å²) in [4.78, 5) is 0. The van der Waals surface area contributed by atoms with Crippen LogP contribution in [0.25, 0.3) is 0 Å². The van der Waals surface area contributed by atoms with Crippen molar-refractivity contribution < 1.29 is 34.0 Å². The van der Waals surface area contributed by atoms with E-state index in [0.29, 0.717) is 0 Å². The quantitative estimate of drug-likeness (QED) is 0.230. The van der Waals surface area contributed by atoms with E-state index in [-0.39, 0.29) is 53.4 Å². The molecule has 0 heterocycles. The largest absolute Gasteiger partial charge is 2.00 e. The molecule has 0 N–H and O–H groups in total. The van der Waals surface area contributed by atoms with E-state index in [1.165, 1.54) is 0 Å². The maximum Gasteiger partial charge on any atom is 2.00 e. The third-order valence-electron chi connectivity index (χ3n) is 0. The molecular weight excluding hydrogens is 239 g/mol. The molecule has 0 spiro atoms. The second-order valence-corrected chi connectivity index (χ2v) is 1.22. The normalized spacial score (nSPS) is 4.83. The Balaban J connectivity index is -0.00000000381. The van der Waals surface area contributed by atoms with Crippen LogP contribution in [0, 0.1) is 0 Å². The van der Waals surface area contributed by atoms with Crippen LogP contribution >= 0.6 is 0 Å². The molecule has 0 rings (SSSR count). The summed E-state index contributed by atoms with van der Waals surface area (Å²) in [6, 6.07) is 0. The maximum atomic E-state index is 8.52. The van der Waals surface area contributed by atoms with E-state index in [0.717, 1.165) is 0 Å². The molecule has 0 unspecified atom stereocenters. The molecule has 18 radical (unpaired) electrons. The minimum atomic E-state index is -5.17. The van der Waals surface area contributed by atoms with E-state index in [1.807, 2.05) is 0 Å². The van der Waals surface area contributed by atoms with E-state index >= 15 is 0 Å². The molecule has 0 aliphatic rings. The summed E-state index contributed by atoms with van der Waals surface area (Å²) in [5.74, 6) is 0. The second-order valence-electron chi connectivity index (χ2n) is 0.408. The van der Waals surface area contributed by atoms with Gasteiger partial charge in [0.2, 0.25) is 0 Å².